The van der Waals surface area contributed by atoms with Gasteiger partial charge in [-0.1, -0.05) is 6.92 Å². The van der Waals surface area contributed by atoms with Crippen LogP contribution in [0.5, 0.6) is 0 Å². The van der Waals surface area contributed by atoms with E-state index in [1.54, 1.807) is 25.0 Å². The normalized spacial score (nSPS) is 20.8. The molecule has 1 aliphatic carbocycles. The molecule has 4 rings (SSSR count). The minimum atomic E-state index is -3.50. The van der Waals surface area contributed by atoms with E-state index in [0.29, 0.717) is 28.8 Å². The molecule has 0 spiro atoms. The van der Waals surface area contributed by atoms with Crippen LogP contribution in [0, 0.1) is 18.7 Å². The molecule has 1 aromatic carbocycles. The molecule has 1 fully saturated rings. The average molecular weight is 362 g/mol. The Labute approximate surface area is 145 Å². The van der Waals surface area contributed by atoms with Gasteiger partial charge in [0.1, 0.15) is 17.2 Å². The fourth-order valence-electron chi connectivity index (χ4n) is 3.53. The summed E-state index contributed by atoms with van der Waals surface area (Å²) in [6.07, 6.45) is 3.11. The summed E-state index contributed by atoms with van der Waals surface area (Å²) in [5, 5.41) is 4.45. The highest BCUT2D eigenvalue weighted by Crippen LogP contribution is 2.39. The van der Waals surface area contributed by atoms with Crippen LogP contribution in [0.1, 0.15) is 25.3 Å². The van der Waals surface area contributed by atoms with Crippen LogP contribution in [-0.4, -0.2) is 33.4 Å². The predicted octanol–water partition coefficient (Wildman–Crippen LogP) is 2.98. The number of halogens is 1. The number of aromatic amines is 1. The SMILES string of the molecule is Cc1cc(F)c2[nH]c(S(=O)(=O)[C@@H]3CC[C@@H]3C)cc2c1-c1ncn(C)n1. The molecule has 8 heteroatoms. The second-order valence-corrected chi connectivity index (χ2v) is 8.99. The Kier molecular flexibility index (Phi) is 3.50. The van der Waals surface area contributed by atoms with Crippen molar-refractivity contribution >= 4 is 20.7 Å². The fourth-order valence-corrected chi connectivity index (χ4v) is 5.57. The summed E-state index contributed by atoms with van der Waals surface area (Å²) in [4.78, 5) is 7.03. The number of aryl methyl sites for hydroxylation is 2. The van der Waals surface area contributed by atoms with E-state index in [-0.39, 0.29) is 16.5 Å². The molecule has 0 aliphatic heterocycles. The monoisotopic (exact) mass is 362 g/mol. The maximum absolute atomic E-state index is 14.5. The first-order valence-electron chi connectivity index (χ1n) is 8.20. The zero-order valence-electron chi connectivity index (χ0n) is 14.2. The maximum atomic E-state index is 14.5. The Morgan fingerprint density at radius 1 is 1.32 bits per heavy atom. The lowest BCUT2D eigenvalue weighted by molar-refractivity contribution is 0.344. The van der Waals surface area contributed by atoms with E-state index in [1.165, 1.54) is 12.1 Å². The van der Waals surface area contributed by atoms with Crippen LogP contribution in [0.25, 0.3) is 22.3 Å². The molecular formula is C17H19FN4O2S. The van der Waals surface area contributed by atoms with Crippen molar-refractivity contribution < 1.29 is 12.8 Å². The molecule has 2 heterocycles. The third-order valence-corrected chi connectivity index (χ3v) is 7.44. The number of aromatic nitrogens is 4. The van der Waals surface area contributed by atoms with Gasteiger partial charge in [-0.2, -0.15) is 5.10 Å². The Morgan fingerprint density at radius 3 is 2.64 bits per heavy atom. The summed E-state index contributed by atoms with van der Waals surface area (Å²) in [5.41, 5.74) is 1.49. The first-order chi connectivity index (χ1) is 11.8. The van der Waals surface area contributed by atoms with Gasteiger partial charge < -0.3 is 4.98 Å². The van der Waals surface area contributed by atoms with Gasteiger partial charge >= 0.3 is 0 Å². The Bertz CT molecular complexity index is 1080. The third kappa shape index (κ3) is 2.38. The van der Waals surface area contributed by atoms with Gasteiger partial charge in [0.25, 0.3) is 0 Å². The molecule has 0 bridgehead atoms. The molecular weight excluding hydrogens is 343 g/mol. The summed E-state index contributed by atoms with van der Waals surface area (Å²) in [5.74, 6) is 0.0974. The number of fused-ring (bicyclic) bond motifs is 1. The van der Waals surface area contributed by atoms with E-state index in [1.807, 2.05) is 6.92 Å². The van der Waals surface area contributed by atoms with Crippen molar-refractivity contribution in [2.75, 3.05) is 0 Å². The highest BCUT2D eigenvalue weighted by atomic mass is 32.2. The zero-order valence-corrected chi connectivity index (χ0v) is 15.1. The molecule has 2 atom stereocenters. The van der Waals surface area contributed by atoms with Crippen molar-refractivity contribution in [1.29, 1.82) is 0 Å². The highest BCUT2D eigenvalue weighted by molar-refractivity contribution is 7.92. The first-order valence-corrected chi connectivity index (χ1v) is 9.75. The Morgan fingerprint density at radius 2 is 2.08 bits per heavy atom. The number of rotatable bonds is 3. The second-order valence-electron chi connectivity index (χ2n) is 6.85. The lowest BCUT2D eigenvalue weighted by Gasteiger charge is -2.32. The molecule has 2 aromatic heterocycles. The summed E-state index contributed by atoms with van der Waals surface area (Å²) in [6, 6.07) is 2.91. The van der Waals surface area contributed by atoms with Gasteiger partial charge in [-0.15, -0.1) is 0 Å². The number of H-pyrrole nitrogens is 1. The summed E-state index contributed by atoms with van der Waals surface area (Å²) >= 11 is 0. The molecule has 0 amide bonds. The van der Waals surface area contributed by atoms with Crippen LogP contribution >= 0.6 is 0 Å². The molecule has 0 saturated heterocycles. The van der Waals surface area contributed by atoms with Crippen molar-refractivity contribution in [1.82, 2.24) is 19.7 Å². The molecule has 1 aliphatic rings. The molecule has 0 radical (unpaired) electrons. The average Bonchev–Trinajstić information content (AvgIpc) is 3.13. The lowest BCUT2D eigenvalue weighted by atomic mass is 9.87. The maximum Gasteiger partial charge on any atom is 0.196 e. The lowest BCUT2D eigenvalue weighted by Crippen LogP contribution is -2.37. The van der Waals surface area contributed by atoms with Crippen LogP contribution in [0.4, 0.5) is 4.39 Å². The number of sulfone groups is 1. The number of hydrogen-bond donors (Lipinski definition) is 1. The van der Waals surface area contributed by atoms with Crippen molar-refractivity contribution in [2.45, 2.75) is 37.0 Å². The van der Waals surface area contributed by atoms with E-state index in [9.17, 15) is 12.8 Å². The Hall–Kier alpha value is -2.22. The topological polar surface area (TPSA) is 80.6 Å². The third-order valence-electron chi connectivity index (χ3n) is 5.11. The quantitative estimate of drug-likeness (QED) is 0.777. The molecule has 3 aromatic rings. The molecule has 6 nitrogen and oxygen atoms in total. The number of hydrogen-bond acceptors (Lipinski definition) is 4. The number of nitrogens with zero attached hydrogens (tertiary/aromatic N) is 3. The van der Waals surface area contributed by atoms with Crippen molar-refractivity contribution in [2.24, 2.45) is 13.0 Å². The smallest absolute Gasteiger partial charge is 0.196 e. The van der Waals surface area contributed by atoms with Crippen molar-refractivity contribution in [3.05, 3.63) is 29.8 Å². The Balaban J connectivity index is 1.95. The van der Waals surface area contributed by atoms with E-state index in [4.69, 9.17) is 0 Å². The van der Waals surface area contributed by atoms with Crippen LogP contribution in [-0.2, 0) is 16.9 Å². The first kappa shape index (κ1) is 16.3. The van der Waals surface area contributed by atoms with Crippen LogP contribution < -0.4 is 0 Å². The van der Waals surface area contributed by atoms with Gasteiger partial charge in [-0.25, -0.2) is 17.8 Å². The second kappa shape index (κ2) is 5.39. The predicted molar refractivity (Wildman–Crippen MR) is 92.4 cm³/mol. The molecule has 0 unspecified atom stereocenters. The molecule has 1 saturated carbocycles. The highest BCUT2D eigenvalue weighted by Gasteiger charge is 2.40. The van der Waals surface area contributed by atoms with Gasteiger partial charge in [-0.05, 0) is 43.4 Å². The largest absolute Gasteiger partial charge is 0.343 e. The van der Waals surface area contributed by atoms with Gasteiger partial charge in [0.05, 0.1) is 10.8 Å². The minimum Gasteiger partial charge on any atom is -0.343 e. The summed E-state index contributed by atoms with van der Waals surface area (Å²) in [7, 11) is -1.76. The van der Waals surface area contributed by atoms with E-state index in [2.05, 4.69) is 15.1 Å². The summed E-state index contributed by atoms with van der Waals surface area (Å²) in [6.45, 7) is 3.70. The fraction of sp³-hybridized carbons (Fsp3) is 0.412. The van der Waals surface area contributed by atoms with Gasteiger partial charge in [-0.3, -0.25) is 4.68 Å². The van der Waals surface area contributed by atoms with E-state index >= 15 is 0 Å². The van der Waals surface area contributed by atoms with Gasteiger partial charge in [0.2, 0.25) is 0 Å². The van der Waals surface area contributed by atoms with Crippen molar-refractivity contribution in [3.8, 4) is 11.4 Å². The molecule has 25 heavy (non-hydrogen) atoms. The van der Waals surface area contributed by atoms with Crippen LogP contribution in [0.3, 0.4) is 0 Å². The van der Waals surface area contributed by atoms with Crippen LogP contribution in [0.2, 0.25) is 0 Å². The van der Waals surface area contributed by atoms with Crippen molar-refractivity contribution in [3.63, 3.8) is 0 Å². The van der Waals surface area contributed by atoms with Gasteiger partial charge in [0.15, 0.2) is 15.7 Å². The number of benzene rings is 1. The standard InChI is InChI=1S/C17H19FN4O2S/c1-9-4-5-13(9)25(23,24)14-7-11-15(17-19-8-22(3)21-17)10(2)6-12(18)16(11)20-14/h6-9,13,20H,4-5H2,1-3H3/t9-,13+/m0/s1. The van der Waals surface area contributed by atoms with E-state index < -0.39 is 20.9 Å². The van der Waals surface area contributed by atoms with Gasteiger partial charge in [0, 0.05) is 18.0 Å². The van der Waals surface area contributed by atoms with E-state index in [0.717, 1.165) is 6.42 Å². The van der Waals surface area contributed by atoms with Crippen LogP contribution in [0.15, 0.2) is 23.5 Å². The minimum absolute atomic E-state index is 0.0701. The number of nitrogens with one attached hydrogen (secondary N) is 1. The summed E-state index contributed by atoms with van der Waals surface area (Å²) < 4.78 is 41.7. The molecule has 132 valence electrons. The zero-order chi connectivity index (χ0) is 17.9. The molecule has 1 N–H and O–H groups in total.